The summed E-state index contributed by atoms with van der Waals surface area (Å²) in [5.74, 6) is 1.02. The van der Waals surface area contributed by atoms with E-state index in [4.69, 9.17) is 4.74 Å². The fourth-order valence-electron chi connectivity index (χ4n) is 3.91. The van der Waals surface area contributed by atoms with Gasteiger partial charge in [0.2, 0.25) is 5.91 Å². The largest absolute Gasteiger partial charge is 0.611 e. The second-order valence-electron chi connectivity index (χ2n) is 8.50. The third kappa shape index (κ3) is 7.35. The summed E-state index contributed by atoms with van der Waals surface area (Å²) >= 11 is -1.19. The molecule has 37 heavy (non-hydrogen) atoms. The molecule has 1 aromatic heterocycles. The van der Waals surface area contributed by atoms with E-state index in [1.165, 1.54) is 6.08 Å². The zero-order valence-corrected chi connectivity index (χ0v) is 21.9. The molecule has 1 N–H and O–H groups in total. The van der Waals surface area contributed by atoms with Crippen molar-refractivity contribution in [2.75, 3.05) is 11.9 Å². The van der Waals surface area contributed by atoms with Gasteiger partial charge in [0.05, 0.1) is 24.8 Å². The molecule has 190 valence electrons. The zero-order valence-electron chi connectivity index (χ0n) is 21.1. The maximum absolute atomic E-state index is 12.8. The Balaban J connectivity index is 1.34. The molecule has 0 bridgehead atoms. The number of nitrogens with zero attached hydrogens (tertiary/aromatic N) is 2. The number of nitrogens with one attached hydrogen (secondary N) is 1. The van der Waals surface area contributed by atoms with Gasteiger partial charge < -0.3 is 19.2 Å². The van der Waals surface area contributed by atoms with Gasteiger partial charge in [-0.1, -0.05) is 37.3 Å². The highest BCUT2D eigenvalue weighted by Gasteiger charge is 2.15. The summed E-state index contributed by atoms with van der Waals surface area (Å²) in [5, 5.41) is 2.86. The van der Waals surface area contributed by atoms with Crippen molar-refractivity contribution in [2.45, 2.75) is 37.5 Å². The topological polar surface area (TPSA) is 79.2 Å². The monoisotopic (exact) mass is 513 g/mol. The zero-order chi connectivity index (χ0) is 26.0. The Kier molecular flexibility index (Phi) is 9.18. The van der Waals surface area contributed by atoms with Gasteiger partial charge in [0.15, 0.2) is 10.6 Å². The number of carbonyl (C=O) groups excluding carboxylic acids is 1. The van der Waals surface area contributed by atoms with Crippen molar-refractivity contribution in [3.8, 4) is 16.9 Å². The molecule has 0 saturated carbocycles. The average molecular weight is 514 g/mol. The van der Waals surface area contributed by atoms with Crippen LogP contribution in [0.4, 0.5) is 5.69 Å². The molecule has 0 unspecified atom stereocenters. The van der Waals surface area contributed by atoms with E-state index in [1.54, 1.807) is 42.9 Å². The SMILES string of the molecule is CCCn1cncc1C[S@+]([O-])c1ccc(NC(=O)/C=C/c2cccc(-c3ccc(OCC)cc3)c2)cc1. The highest BCUT2D eigenvalue weighted by molar-refractivity contribution is 7.90. The lowest BCUT2D eigenvalue weighted by atomic mass is 10.0. The summed E-state index contributed by atoms with van der Waals surface area (Å²) in [5.41, 5.74) is 4.67. The van der Waals surface area contributed by atoms with Gasteiger partial charge in [-0.25, -0.2) is 4.98 Å². The maximum atomic E-state index is 12.8. The van der Waals surface area contributed by atoms with Crippen molar-refractivity contribution in [2.24, 2.45) is 0 Å². The Labute approximate surface area is 221 Å². The van der Waals surface area contributed by atoms with Crippen LogP contribution in [0.3, 0.4) is 0 Å². The van der Waals surface area contributed by atoms with Gasteiger partial charge >= 0.3 is 0 Å². The van der Waals surface area contributed by atoms with Crippen molar-refractivity contribution >= 4 is 28.8 Å². The van der Waals surface area contributed by atoms with Crippen LogP contribution in [-0.4, -0.2) is 26.6 Å². The van der Waals surface area contributed by atoms with Crippen LogP contribution in [0.25, 0.3) is 17.2 Å². The summed E-state index contributed by atoms with van der Waals surface area (Å²) in [6.07, 6.45) is 7.84. The van der Waals surface area contributed by atoms with E-state index in [-0.39, 0.29) is 5.91 Å². The van der Waals surface area contributed by atoms with Crippen molar-refractivity contribution in [3.63, 3.8) is 0 Å². The van der Waals surface area contributed by atoms with E-state index in [2.05, 4.69) is 17.2 Å². The van der Waals surface area contributed by atoms with Crippen LogP contribution in [0.5, 0.6) is 5.75 Å². The van der Waals surface area contributed by atoms with Crippen molar-refractivity contribution in [1.82, 2.24) is 9.55 Å². The number of imidazole rings is 1. The molecule has 0 aliphatic heterocycles. The summed E-state index contributed by atoms with van der Waals surface area (Å²) in [4.78, 5) is 17.4. The van der Waals surface area contributed by atoms with Crippen LogP contribution < -0.4 is 10.1 Å². The Hall–Kier alpha value is -3.81. The number of aryl methyl sites for hydroxylation is 1. The number of benzene rings is 3. The Morgan fingerprint density at radius 1 is 1.05 bits per heavy atom. The van der Waals surface area contributed by atoms with Gasteiger partial charge in [-0.05, 0) is 89.8 Å². The number of hydrogen-bond acceptors (Lipinski definition) is 4. The van der Waals surface area contributed by atoms with E-state index in [0.717, 1.165) is 41.1 Å². The van der Waals surface area contributed by atoms with Crippen LogP contribution in [-0.2, 0) is 28.3 Å². The van der Waals surface area contributed by atoms with Crippen LogP contribution in [0.2, 0.25) is 0 Å². The summed E-state index contributed by atoms with van der Waals surface area (Å²) in [6, 6.07) is 23.1. The molecule has 0 aliphatic rings. The molecule has 0 aliphatic carbocycles. The Morgan fingerprint density at radius 2 is 1.84 bits per heavy atom. The fourth-order valence-corrected chi connectivity index (χ4v) is 5.02. The van der Waals surface area contributed by atoms with E-state index in [9.17, 15) is 9.35 Å². The summed E-state index contributed by atoms with van der Waals surface area (Å²) < 4.78 is 20.3. The van der Waals surface area contributed by atoms with Crippen molar-refractivity contribution in [1.29, 1.82) is 0 Å². The molecule has 1 amide bonds. The minimum atomic E-state index is -1.19. The van der Waals surface area contributed by atoms with Gasteiger partial charge in [0.25, 0.3) is 0 Å². The third-order valence-corrected chi connectivity index (χ3v) is 7.10. The molecule has 0 saturated heterocycles. The van der Waals surface area contributed by atoms with Gasteiger partial charge in [-0.2, -0.15) is 0 Å². The predicted molar refractivity (Wildman–Crippen MR) is 150 cm³/mol. The first-order valence-corrected chi connectivity index (χ1v) is 13.7. The van der Waals surface area contributed by atoms with Gasteiger partial charge in [-0.15, -0.1) is 0 Å². The van der Waals surface area contributed by atoms with Crippen LogP contribution >= 0.6 is 0 Å². The average Bonchev–Trinajstić information content (AvgIpc) is 3.35. The first-order valence-electron chi connectivity index (χ1n) is 12.4. The summed E-state index contributed by atoms with van der Waals surface area (Å²) in [7, 11) is 0. The molecule has 0 spiro atoms. The quantitative estimate of drug-likeness (QED) is 0.188. The van der Waals surface area contributed by atoms with E-state index >= 15 is 0 Å². The van der Waals surface area contributed by atoms with E-state index in [1.807, 2.05) is 60.0 Å². The van der Waals surface area contributed by atoms with Crippen molar-refractivity contribution < 1.29 is 14.1 Å². The van der Waals surface area contributed by atoms with Gasteiger partial charge in [-0.3, -0.25) is 4.79 Å². The number of anilines is 1. The first-order chi connectivity index (χ1) is 18.1. The molecule has 4 rings (SSSR count). The lowest BCUT2D eigenvalue weighted by Gasteiger charge is -2.12. The van der Waals surface area contributed by atoms with E-state index < -0.39 is 11.2 Å². The van der Waals surface area contributed by atoms with E-state index in [0.29, 0.717) is 22.9 Å². The second-order valence-corrected chi connectivity index (χ2v) is 9.95. The second kappa shape index (κ2) is 12.9. The highest BCUT2D eigenvalue weighted by atomic mass is 32.2. The molecular weight excluding hydrogens is 482 g/mol. The smallest absolute Gasteiger partial charge is 0.248 e. The van der Waals surface area contributed by atoms with Gasteiger partial charge in [0, 0.05) is 18.3 Å². The lowest BCUT2D eigenvalue weighted by Crippen LogP contribution is -2.11. The first kappa shape index (κ1) is 26.3. The molecule has 4 aromatic rings. The predicted octanol–water partition coefficient (Wildman–Crippen LogP) is 6.32. The third-order valence-electron chi connectivity index (χ3n) is 5.74. The molecule has 0 radical (unpaired) electrons. The molecule has 1 heterocycles. The molecule has 3 aromatic carbocycles. The maximum Gasteiger partial charge on any atom is 0.248 e. The molecule has 0 fully saturated rings. The Bertz CT molecular complexity index is 1330. The summed E-state index contributed by atoms with van der Waals surface area (Å²) in [6.45, 7) is 5.56. The number of rotatable bonds is 11. The highest BCUT2D eigenvalue weighted by Crippen LogP contribution is 2.24. The molecule has 7 heteroatoms. The standard InChI is InChI=1S/C30H31N3O3S/c1-3-18-33-22-31-20-27(33)21-37(35)29-15-11-26(12-16-29)32-30(34)17-8-23-6-5-7-25(19-23)24-9-13-28(14-10-24)36-4-2/h5-17,19-20,22H,3-4,18,21H2,1-2H3,(H,32,34)/b17-8+/t37-/m0/s1. The molecular formula is C30H31N3O3S. The number of aromatic nitrogens is 2. The van der Waals surface area contributed by atoms with Crippen LogP contribution in [0.1, 0.15) is 31.5 Å². The number of amides is 1. The number of ether oxygens (including phenoxy) is 1. The molecule has 1 atom stereocenters. The molecule has 6 nitrogen and oxygen atoms in total. The van der Waals surface area contributed by atoms with Crippen LogP contribution in [0.15, 0.2) is 96.3 Å². The van der Waals surface area contributed by atoms with Crippen LogP contribution in [0, 0.1) is 0 Å². The normalized spacial score (nSPS) is 12.0. The number of carbonyl (C=O) groups is 1. The van der Waals surface area contributed by atoms with Gasteiger partial charge in [0.1, 0.15) is 5.75 Å². The van der Waals surface area contributed by atoms with Crippen molar-refractivity contribution in [3.05, 3.63) is 103 Å². The minimum Gasteiger partial charge on any atom is -0.611 e. The fraction of sp³-hybridized carbons (Fsp3) is 0.200. The number of hydrogen-bond donors (Lipinski definition) is 1. The Morgan fingerprint density at radius 3 is 2.57 bits per heavy atom. The minimum absolute atomic E-state index is 0.233. The lowest BCUT2D eigenvalue weighted by molar-refractivity contribution is -0.111.